The Balaban J connectivity index is 2.34. The van der Waals surface area contributed by atoms with Crippen LogP contribution < -0.4 is 4.74 Å². The molecule has 1 N–H and O–H groups in total. The number of nitrogens with zero attached hydrogens (tertiary/aromatic N) is 2. The van der Waals surface area contributed by atoms with E-state index in [1.165, 1.54) is 0 Å². The highest BCUT2D eigenvalue weighted by atomic mass is 79.9. The molecule has 0 saturated heterocycles. The zero-order valence-corrected chi connectivity index (χ0v) is 13.5. The van der Waals surface area contributed by atoms with Crippen molar-refractivity contribution in [3.8, 4) is 5.75 Å². The number of ether oxygens (including phenoxy) is 1. The van der Waals surface area contributed by atoms with E-state index in [1.54, 1.807) is 24.9 Å². The Morgan fingerprint density at radius 3 is 2.55 bits per heavy atom. The van der Waals surface area contributed by atoms with Crippen LogP contribution in [0.5, 0.6) is 5.75 Å². The average Bonchev–Trinajstić information content (AvgIpc) is 2.85. The highest BCUT2D eigenvalue weighted by Crippen LogP contribution is 2.32. The predicted molar refractivity (Wildman–Crippen MR) is 81.9 cm³/mol. The lowest BCUT2D eigenvalue weighted by Crippen LogP contribution is -2.28. The summed E-state index contributed by atoms with van der Waals surface area (Å²) in [6.45, 7) is 4.47. The monoisotopic (exact) mass is 338 g/mol. The first-order valence-electron chi connectivity index (χ1n) is 6.55. The highest BCUT2D eigenvalue weighted by molar-refractivity contribution is 9.10. The maximum atomic E-state index is 10.9. The molecule has 0 aliphatic rings. The van der Waals surface area contributed by atoms with Crippen molar-refractivity contribution in [3.05, 3.63) is 46.2 Å². The van der Waals surface area contributed by atoms with Gasteiger partial charge in [-0.3, -0.25) is 4.68 Å². The summed E-state index contributed by atoms with van der Waals surface area (Å²) in [6, 6.07) is 7.94. The van der Waals surface area contributed by atoms with Gasteiger partial charge in [-0.05, 0) is 31.5 Å². The molecule has 2 rings (SSSR count). The molecule has 0 radical (unpaired) electrons. The molecule has 0 amide bonds. The smallest absolute Gasteiger partial charge is 0.162 e. The Bertz CT molecular complexity index is 555. The first-order chi connectivity index (χ1) is 9.47. The zero-order valence-electron chi connectivity index (χ0n) is 11.9. The molecule has 0 saturated carbocycles. The molecule has 1 unspecified atom stereocenters. The van der Waals surface area contributed by atoms with Gasteiger partial charge in [-0.1, -0.05) is 28.1 Å². The fourth-order valence-electron chi connectivity index (χ4n) is 2.38. The topological polar surface area (TPSA) is 47.3 Å². The van der Waals surface area contributed by atoms with Gasteiger partial charge in [0.2, 0.25) is 0 Å². The Hall–Kier alpha value is -1.33. The van der Waals surface area contributed by atoms with Crippen LogP contribution in [0.1, 0.15) is 25.1 Å². The Labute approximate surface area is 127 Å². The maximum absolute atomic E-state index is 10.9. The second-order valence-electron chi connectivity index (χ2n) is 4.95. The fourth-order valence-corrected chi connectivity index (χ4v) is 2.65. The lowest BCUT2D eigenvalue weighted by atomic mass is 9.92. The summed E-state index contributed by atoms with van der Waals surface area (Å²) in [6.07, 6.45) is 2.15. The zero-order chi connectivity index (χ0) is 14.8. The van der Waals surface area contributed by atoms with Crippen LogP contribution in [0.15, 0.2) is 34.9 Å². The molecule has 20 heavy (non-hydrogen) atoms. The van der Waals surface area contributed by atoms with Gasteiger partial charge in [-0.25, -0.2) is 0 Å². The van der Waals surface area contributed by atoms with E-state index >= 15 is 0 Å². The summed E-state index contributed by atoms with van der Waals surface area (Å²) in [5, 5.41) is 15.1. The van der Waals surface area contributed by atoms with E-state index in [2.05, 4.69) is 21.0 Å². The van der Waals surface area contributed by atoms with Crippen molar-refractivity contribution in [3.63, 3.8) is 0 Å². The molecule has 0 spiro atoms. The van der Waals surface area contributed by atoms with Crippen molar-refractivity contribution < 1.29 is 9.84 Å². The minimum Gasteiger partial charge on any atom is -0.493 e. The Kier molecular flexibility index (Phi) is 4.50. The number of aliphatic hydroxyl groups is 1. The molecule has 0 aliphatic carbocycles. The Morgan fingerprint density at radius 2 is 2.00 bits per heavy atom. The number of halogens is 1. The largest absolute Gasteiger partial charge is 0.493 e. The summed E-state index contributed by atoms with van der Waals surface area (Å²) in [5.74, 6) is 0.619. The van der Waals surface area contributed by atoms with Crippen LogP contribution >= 0.6 is 15.9 Å². The van der Waals surface area contributed by atoms with Crippen molar-refractivity contribution >= 4 is 15.9 Å². The molecule has 2 aromatic rings. The summed E-state index contributed by atoms with van der Waals surface area (Å²) in [7, 11) is 1.59. The summed E-state index contributed by atoms with van der Waals surface area (Å²) in [4.78, 5) is 0. The molecule has 1 aromatic carbocycles. The Morgan fingerprint density at radius 1 is 1.35 bits per heavy atom. The lowest BCUT2D eigenvalue weighted by molar-refractivity contribution is 0.0454. The number of aromatic nitrogens is 2. The van der Waals surface area contributed by atoms with E-state index in [4.69, 9.17) is 4.74 Å². The van der Waals surface area contributed by atoms with Gasteiger partial charge >= 0.3 is 0 Å². The summed E-state index contributed by atoms with van der Waals surface area (Å²) >= 11 is 3.41. The predicted octanol–water partition coefficient (Wildman–Crippen LogP) is 3.12. The van der Waals surface area contributed by atoms with E-state index in [9.17, 15) is 5.11 Å². The van der Waals surface area contributed by atoms with Gasteiger partial charge in [0.1, 0.15) is 11.3 Å². The van der Waals surface area contributed by atoms with Crippen molar-refractivity contribution in [2.45, 2.75) is 32.4 Å². The van der Waals surface area contributed by atoms with E-state index in [-0.39, 0.29) is 0 Å². The molecule has 0 aliphatic heterocycles. The van der Waals surface area contributed by atoms with Crippen LogP contribution in [0.3, 0.4) is 0 Å². The van der Waals surface area contributed by atoms with Gasteiger partial charge < -0.3 is 9.84 Å². The molecule has 5 heteroatoms. The maximum Gasteiger partial charge on any atom is 0.162 e. The van der Waals surface area contributed by atoms with E-state index in [0.717, 1.165) is 10.0 Å². The van der Waals surface area contributed by atoms with Crippen molar-refractivity contribution in [2.24, 2.45) is 0 Å². The fraction of sp³-hybridized carbons (Fsp3) is 0.400. The first kappa shape index (κ1) is 15.1. The van der Waals surface area contributed by atoms with E-state index in [1.807, 2.05) is 31.2 Å². The minimum absolute atomic E-state index is 0.502. The number of hydrogen-bond acceptors (Lipinski definition) is 3. The SMILES string of the molecule is CCn1ncc(OC)c1C(C)(O)Cc1ccc(Br)cc1. The number of rotatable bonds is 5. The molecule has 0 fully saturated rings. The standard InChI is InChI=1S/C15H19BrN2O2/c1-4-18-14(13(20-3)10-17-18)15(2,19)9-11-5-7-12(16)8-6-11/h5-8,10,19H,4,9H2,1-3H3. The van der Waals surface area contributed by atoms with E-state index < -0.39 is 5.60 Å². The number of aryl methyl sites for hydroxylation is 1. The highest BCUT2D eigenvalue weighted by Gasteiger charge is 2.31. The summed E-state index contributed by atoms with van der Waals surface area (Å²) < 4.78 is 8.12. The molecule has 1 aromatic heterocycles. The molecule has 108 valence electrons. The van der Waals surface area contributed by atoms with Gasteiger partial charge in [0.05, 0.1) is 13.3 Å². The third-order valence-electron chi connectivity index (χ3n) is 3.30. The second-order valence-corrected chi connectivity index (χ2v) is 5.87. The number of methoxy groups -OCH3 is 1. The minimum atomic E-state index is -1.04. The molecule has 4 nitrogen and oxygen atoms in total. The van der Waals surface area contributed by atoms with Crippen LogP contribution in [-0.2, 0) is 18.6 Å². The summed E-state index contributed by atoms with van der Waals surface area (Å²) in [5.41, 5.74) is 0.737. The van der Waals surface area contributed by atoms with Crippen molar-refractivity contribution in [1.29, 1.82) is 0 Å². The van der Waals surface area contributed by atoms with Crippen molar-refractivity contribution in [1.82, 2.24) is 9.78 Å². The van der Waals surface area contributed by atoms with Crippen LogP contribution in [0.25, 0.3) is 0 Å². The van der Waals surface area contributed by atoms with Gasteiger partial charge in [0.15, 0.2) is 5.75 Å². The van der Waals surface area contributed by atoms with Gasteiger partial charge in [0, 0.05) is 17.4 Å². The molecule has 1 heterocycles. The number of hydrogen-bond donors (Lipinski definition) is 1. The third-order valence-corrected chi connectivity index (χ3v) is 3.83. The van der Waals surface area contributed by atoms with Gasteiger partial charge in [-0.15, -0.1) is 0 Å². The third kappa shape index (κ3) is 3.04. The second kappa shape index (κ2) is 5.97. The molecular weight excluding hydrogens is 320 g/mol. The van der Waals surface area contributed by atoms with Crippen LogP contribution in [0, 0.1) is 0 Å². The number of benzene rings is 1. The van der Waals surface area contributed by atoms with Gasteiger partial charge in [-0.2, -0.15) is 5.10 Å². The van der Waals surface area contributed by atoms with Crippen LogP contribution in [0.4, 0.5) is 0 Å². The molecular formula is C15H19BrN2O2. The van der Waals surface area contributed by atoms with Crippen LogP contribution in [-0.4, -0.2) is 22.0 Å². The van der Waals surface area contributed by atoms with Crippen molar-refractivity contribution in [2.75, 3.05) is 7.11 Å². The van der Waals surface area contributed by atoms with Crippen LogP contribution in [0.2, 0.25) is 0 Å². The van der Waals surface area contributed by atoms with Gasteiger partial charge in [0.25, 0.3) is 0 Å². The molecule has 0 bridgehead atoms. The average molecular weight is 339 g/mol. The quantitative estimate of drug-likeness (QED) is 0.910. The normalized spacial score (nSPS) is 14.1. The van der Waals surface area contributed by atoms with E-state index in [0.29, 0.717) is 24.4 Å². The first-order valence-corrected chi connectivity index (χ1v) is 7.34. The molecule has 1 atom stereocenters. The lowest BCUT2D eigenvalue weighted by Gasteiger charge is -2.25.